The summed E-state index contributed by atoms with van der Waals surface area (Å²) in [7, 11) is 3.79. The van der Waals surface area contributed by atoms with Gasteiger partial charge >= 0.3 is 0 Å². The first kappa shape index (κ1) is 15.3. The lowest BCUT2D eigenvalue weighted by Gasteiger charge is -2.20. The van der Waals surface area contributed by atoms with E-state index in [4.69, 9.17) is 0 Å². The highest BCUT2D eigenvalue weighted by Crippen LogP contribution is 2.33. The molecule has 2 unspecified atom stereocenters. The highest BCUT2D eigenvalue weighted by atomic mass is 15.3. The lowest BCUT2D eigenvalue weighted by atomic mass is 10.2. The lowest BCUT2D eigenvalue weighted by Crippen LogP contribution is -2.44. The molecule has 3 rings (SSSR count). The normalized spacial score (nSPS) is 26.5. The van der Waals surface area contributed by atoms with E-state index in [-0.39, 0.29) is 0 Å². The lowest BCUT2D eigenvalue weighted by molar-refractivity contribution is 0.256. The van der Waals surface area contributed by atoms with Crippen molar-refractivity contribution < 1.29 is 0 Å². The molecule has 0 aromatic carbocycles. The average molecular weight is 305 g/mol. The molecule has 1 aliphatic carbocycles. The quantitative estimate of drug-likeness (QED) is 0.623. The molecule has 2 fully saturated rings. The molecule has 1 aliphatic heterocycles. The number of nitrogens with one attached hydrogen (secondary N) is 2. The number of rotatable bonds is 4. The van der Waals surface area contributed by atoms with Crippen molar-refractivity contribution in [1.29, 1.82) is 0 Å². The summed E-state index contributed by atoms with van der Waals surface area (Å²) in [4.78, 5) is 6.97. The minimum absolute atomic E-state index is 0.475. The fourth-order valence-electron chi connectivity index (χ4n) is 3.23. The summed E-state index contributed by atoms with van der Waals surface area (Å²) in [5.41, 5.74) is 0. The van der Waals surface area contributed by atoms with E-state index in [0.29, 0.717) is 18.6 Å². The van der Waals surface area contributed by atoms with Crippen LogP contribution in [0, 0.1) is 6.92 Å². The molecule has 1 aromatic rings. The maximum atomic E-state index is 4.33. The maximum absolute atomic E-state index is 4.33. The van der Waals surface area contributed by atoms with E-state index in [1.165, 1.54) is 19.3 Å². The molecular weight excluding hydrogens is 278 g/mol. The molecule has 2 aliphatic rings. The minimum Gasteiger partial charge on any atom is -0.352 e. The molecule has 1 saturated carbocycles. The van der Waals surface area contributed by atoms with Gasteiger partial charge in [0.25, 0.3) is 0 Å². The van der Waals surface area contributed by atoms with Crippen molar-refractivity contribution in [3.8, 4) is 0 Å². The van der Waals surface area contributed by atoms with E-state index in [1.807, 2.05) is 25.6 Å². The standard InChI is InChI=1S/C15H27N7/c1-10-7-12(9-22(10)13-5-6-13)18-15(16-3)17-8-14-20-19-11(2)21(14)4/h10,12-13H,5-9H2,1-4H3,(H2,16,17,18). The molecule has 1 saturated heterocycles. The van der Waals surface area contributed by atoms with Crippen LogP contribution in [0.25, 0.3) is 0 Å². The molecule has 0 spiro atoms. The van der Waals surface area contributed by atoms with Crippen molar-refractivity contribution in [2.75, 3.05) is 13.6 Å². The smallest absolute Gasteiger partial charge is 0.191 e. The van der Waals surface area contributed by atoms with Crippen LogP contribution in [0.5, 0.6) is 0 Å². The zero-order chi connectivity index (χ0) is 15.7. The molecule has 2 atom stereocenters. The molecule has 7 heteroatoms. The van der Waals surface area contributed by atoms with Crippen LogP contribution in [-0.4, -0.2) is 57.3 Å². The Bertz CT molecular complexity index is 546. The predicted molar refractivity (Wildman–Crippen MR) is 86.7 cm³/mol. The van der Waals surface area contributed by atoms with Gasteiger partial charge in [-0.25, -0.2) is 0 Å². The van der Waals surface area contributed by atoms with Gasteiger partial charge in [-0.15, -0.1) is 10.2 Å². The second-order valence-electron chi connectivity index (χ2n) is 6.50. The third-order valence-corrected chi connectivity index (χ3v) is 4.80. The summed E-state index contributed by atoms with van der Waals surface area (Å²) in [6.07, 6.45) is 3.92. The highest BCUT2D eigenvalue weighted by Gasteiger charge is 2.38. The number of nitrogens with zero attached hydrogens (tertiary/aromatic N) is 5. The summed E-state index contributed by atoms with van der Waals surface area (Å²) in [6, 6.07) is 1.98. The van der Waals surface area contributed by atoms with Crippen LogP contribution < -0.4 is 10.6 Å². The van der Waals surface area contributed by atoms with Crippen molar-refractivity contribution in [3.63, 3.8) is 0 Å². The zero-order valence-electron chi connectivity index (χ0n) is 14.0. The van der Waals surface area contributed by atoms with Crippen molar-refractivity contribution in [2.24, 2.45) is 12.0 Å². The first-order chi connectivity index (χ1) is 10.6. The number of aromatic nitrogens is 3. The first-order valence-corrected chi connectivity index (χ1v) is 8.16. The van der Waals surface area contributed by atoms with Gasteiger partial charge in [0, 0.05) is 38.8 Å². The molecule has 1 aromatic heterocycles. The third-order valence-electron chi connectivity index (χ3n) is 4.80. The fraction of sp³-hybridized carbons (Fsp3) is 0.800. The number of likely N-dealkylation sites (tertiary alicyclic amines) is 1. The summed E-state index contributed by atoms with van der Waals surface area (Å²) in [5, 5.41) is 15.1. The van der Waals surface area contributed by atoms with Crippen molar-refractivity contribution >= 4 is 5.96 Å². The van der Waals surface area contributed by atoms with E-state index in [1.54, 1.807) is 0 Å². The Balaban J connectivity index is 1.51. The SMILES string of the molecule is CN=C(NCc1nnc(C)n1C)NC1CC(C)N(C2CC2)C1. The third kappa shape index (κ3) is 3.24. The van der Waals surface area contributed by atoms with Crippen molar-refractivity contribution in [3.05, 3.63) is 11.6 Å². The Morgan fingerprint density at radius 3 is 2.73 bits per heavy atom. The number of guanidine groups is 1. The molecule has 0 amide bonds. The van der Waals surface area contributed by atoms with Crippen LogP contribution in [0.2, 0.25) is 0 Å². The van der Waals surface area contributed by atoms with Crippen LogP contribution in [0.1, 0.15) is 37.8 Å². The monoisotopic (exact) mass is 305 g/mol. The van der Waals surface area contributed by atoms with Gasteiger partial charge in [0.2, 0.25) is 0 Å². The molecule has 2 N–H and O–H groups in total. The summed E-state index contributed by atoms with van der Waals surface area (Å²) < 4.78 is 1.99. The Kier molecular flexibility index (Phi) is 4.33. The van der Waals surface area contributed by atoms with Gasteiger partial charge in [0.1, 0.15) is 5.82 Å². The van der Waals surface area contributed by atoms with Crippen LogP contribution in [-0.2, 0) is 13.6 Å². The summed E-state index contributed by atoms with van der Waals surface area (Å²) in [5.74, 6) is 2.68. The summed E-state index contributed by atoms with van der Waals surface area (Å²) in [6.45, 7) is 6.04. The Labute approximate surface area is 132 Å². The number of hydrogen-bond donors (Lipinski definition) is 2. The fourth-order valence-corrected chi connectivity index (χ4v) is 3.23. The van der Waals surface area contributed by atoms with Gasteiger partial charge in [0.15, 0.2) is 11.8 Å². The van der Waals surface area contributed by atoms with E-state index in [0.717, 1.165) is 30.2 Å². The average Bonchev–Trinajstić information content (AvgIpc) is 3.21. The first-order valence-electron chi connectivity index (χ1n) is 8.16. The number of hydrogen-bond acceptors (Lipinski definition) is 4. The van der Waals surface area contributed by atoms with E-state index in [9.17, 15) is 0 Å². The molecule has 7 nitrogen and oxygen atoms in total. The molecule has 0 bridgehead atoms. The number of aryl methyl sites for hydroxylation is 1. The number of aliphatic imine (C=N–C) groups is 1. The predicted octanol–water partition coefficient (Wildman–Crippen LogP) is 0.414. The highest BCUT2D eigenvalue weighted by molar-refractivity contribution is 5.79. The zero-order valence-corrected chi connectivity index (χ0v) is 14.0. The van der Waals surface area contributed by atoms with Crippen LogP contribution in [0.4, 0.5) is 0 Å². The minimum atomic E-state index is 0.475. The molecule has 0 radical (unpaired) electrons. The molecule has 22 heavy (non-hydrogen) atoms. The van der Waals surface area contributed by atoms with Gasteiger partial charge in [-0.2, -0.15) is 0 Å². The maximum Gasteiger partial charge on any atom is 0.191 e. The second-order valence-corrected chi connectivity index (χ2v) is 6.50. The topological polar surface area (TPSA) is 70.4 Å². The van der Waals surface area contributed by atoms with Gasteiger partial charge in [-0.05, 0) is 33.1 Å². The van der Waals surface area contributed by atoms with Crippen LogP contribution in [0.15, 0.2) is 4.99 Å². The Hall–Kier alpha value is -1.63. The van der Waals surface area contributed by atoms with E-state index in [2.05, 4.69) is 37.6 Å². The van der Waals surface area contributed by atoms with Gasteiger partial charge < -0.3 is 15.2 Å². The van der Waals surface area contributed by atoms with Gasteiger partial charge in [-0.1, -0.05) is 0 Å². The van der Waals surface area contributed by atoms with Crippen molar-refractivity contribution in [1.82, 2.24) is 30.3 Å². The Morgan fingerprint density at radius 2 is 2.14 bits per heavy atom. The van der Waals surface area contributed by atoms with Crippen LogP contribution >= 0.6 is 0 Å². The van der Waals surface area contributed by atoms with Crippen molar-refractivity contribution in [2.45, 2.75) is 57.8 Å². The van der Waals surface area contributed by atoms with Gasteiger partial charge in [-0.3, -0.25) is 9.89 Å². The van der Waals surface area contributed by atoms with Crippen LogP contribution in [0.3, 0.4) is 0 Å². The summed E-state index contributed by atoms with van der Waals surface area (Å²) >= 11 is 0. The van der Waals surface area contributed by atoms with E-state index < -0.39 is 0 Å². The van der Waals surface area contributed by atoms with Gasteiger partial charge in [0.05, 0.1) is 6.54 Å². The molecule has 122 valence electrons. The second kappa shape index (κ2) is 6.24. The Morgan fingerprint density at radius 1 is 1.36 bits per heavy atom. The molecule has 2 heterocycles. The largest absolute Gasteiger partial charge is 0.352 e. The van der Waals surface area contributed by atoms with E-state index >= 15 is 0 Å². The molecular formula is C15H27N7.